The first-order valence-electron chi connectivity index (χ1n) is 15.1. The van der Waals surface area contributed by atoms with Crippen LogP contribution in [0.4, 0.5) is 4.79 Å². The van der Waals surface area contributed by atoms with E-state index in [0.717, 1.165) is 32.1 Å². The van der Waals surface area contributed by atoms with Crippen LogP contribution >= 0.6 is 0 Å². The third kappa shape index (κ3) is 15.3. The maximum atomic E-state index is 14.2. The molecule has 1 rings (SSSR count). The van der Waals surface area contributed by atoms with Gasteiger partial charge in [-0.3, -0.25) is 19.2 Å². The van der Waals surface area contributed by atoms with Gasteiger partial charge in [-0.15, -0.1) is 0 Å². The standard InChI is InChI=1S/C31H50N4O8/c1-6-8-9-10-11-12-21-35(29(40)24(17-18-25(32)37)34-30(41)43-31(3,4)5)27(22-13-15-23(36)16-14-22)28(39)33-20-19-26(38)42-7-2/h13-16,24,27,36H,6-12,17-21H2,1-5H3,(H2,32,37)(H,33,39)(H,34,41). The number of benzene rings is 1. The number of ether oxygens (including phenoxy) is 2. The zero-order chi connectivity index (χ0) is 32.4. The van der Waals surface area contributed by atoms with Gasteiger partial charge < -0.3 is 35.8 Å². The summed E-state index contributed by atoms with van der Waals surface area (Å²) in [6.45, 7) is 9.20. The molecule has 12 nitrogen and oxygen atoms in total. The van der Waals surface area contributed by atoms with Crippen LogP contribution in [0.15, 0.2) is 24.3 Å². The summed E-state index contributed by atoms with van der Waals surface area (Å²) in [5.41, 5.74) is 4.94. The second-order valence-electron chi connectivity index (χ2n) is 11.3. The molecule has 1 aromatic carbocycles. The summed E-state index contributed by atoms with van der Waals surface area (Å²) in [7, 11) is 0. The second-order valence-corrected chi connectivity index (χ2v) is 11.3. The highest BCUT2D eigenvalue weighted by atomic mass is 16.6. The lowest BCUT2D eigenvalue weighted by Crippen LogP contribution is -2.53. The van der Waals surface area contributed by atoms with Crippen molar-refractivity contribution in [2.75, 3.05) is 19.7 Å². The van der Waals surface area contributed by atoms with Crippen LogP contribution in [0, 0.1) is 0 Å². The van der Waals surface area contributed by atoms with Crippen LogP contribution in [-0.4, -0.2) is 71.1 Å². The van der Waals surface area contributed by atoms with Crippen LogP contribution in [0.25, 0.3) is 0 Å². The van der Waals surface area contributed by atoms with Gasteiger partial charge in [0.25, 0.3) is 0 Å². The van der Waals surface area contributed by atoms with Gasteiger partial charge in [0.2, 0.25) is 17.7 Å². The van der Waals surface area contributed by atoms with Crippen LogP contribution in [0.3, 0.4) is 0 Å². The van der Waals surface area contributed by atoms with Crippen LogP contribution in [0.5, 0.6) is 5.75 Å². The molecule has 2 unspecified atom stereocenters. The SMILES string of the molecule is CCCCCCCCN(C(=O)C(CCC(N)=O)NC(=O)OC(C)(C)C)C(C(=O)NCCC(=O)OCC)c1ccc(O)cc1. The van der Waals surface area contributed by atoms with Crippen molar-refractivity contribution < 1.29 is 38.6 Å². The Morgan fingerprint density at radius 1 is 0.953 bits per heavy atom. The number of esters is 1. The van der Waals surface area contributed by atoms with Gasteiger partial charge in [0.15, 0.2) is 0 Å². The molecule has 0 bridgehead atoms. The summed E-state index contributed by atoms with van der Waals surface area (Å²) in [5, 5.41) is 15.2. The molecule has 0 aliphatic rings. The fourth-order valence-electron chi connectivity index (χ4n) is 4.37. The Balaban J connectivity index is 3.43. The molecule has 0 heterocycles. The number of nitrogens with two attached hydrogens (primary N) is 1. The average Bonchev–Trinajstić information content (AvgIpc) is 2.91. The van der Waals surface area contributed by atoms with Gasteiger partial charge in [0.1, 0.15) is 23.4 Å². The van der Waals surface area contributed by atoms with Gasteiger partial charge in [-0.2, -0.15) is 0 Å². The monoisotopic (exact) mass is 606 g/mol. The quantitative estimate of drug-likeness (QED) is 0.135. The minimum atomic E-state index is -1.21. The third-order valence-electron chi connectivity index (χ3n) is 6.41. The number of primary amides is 1. The smallest absolute Gasteiger partial charge is 0.408 e. The van der Waals surface area contributed by atoms with Gasteiger partial charge >= 0.3 is 12.1 Å². The van der Waals surface area contributed by atoms with E-state index in [0.29, 0.717) is 12.0 Å². The van der Waals surface area contributed by atoms with Crippen molar-refractivity contribution in [1.29, 1.82) is 0 Å². The van der Waals surface area contributed by atoms with Crippen LogP contribution < -0.4 is 16.4 Å². The number of unbranched alkanes of at least 4 members (excludes halogenated alkanes) is 5. The van der Waals surface area contributed by atoms with Crippen molar-refractivity contribution in [3.05, 3.63) is 29.8 Å². The van der Waals surface area contributed by atoms with Crippen molar-refractivity contribution in [3.63, 3.8) is 0 Å². The fourth-order valence-corrected chi connectivity index (χ4v) is 4.37. The van der Waals surface area contributed by atoms with Crippen LogP contribution in [0.1, 0.15) is 104 Å². The maximum absolute atomic E-state index is 14.2. The molecule has 0 spiro atoms. The topological polar surface area (TPSA) is 177 Å². The normalized spacial score (nSPS) is 12.5. The number of nitrogens with zero attached hydrogens (tertiary/aromatic N) is 1. The summed E-state index contributed by atoms with van der Waals surface area (Å²) >= 11 is 0. The Kier molecular flexibility index (Phi) is 16.8. The summed E-state index contributed by atoms with van der Waals surface area (Å²) in [6, 6.07) is 3.51. The number of alkyl carbamates (subject to hydrolysis) is 1. The van der Waals surface area contributed by atoms with E-state index in [9.17, 15) is 29.1 Å². The van der Waals surface area contributed by atoms with Crippen molar-refractivity contribution >= 4 is 29.8 Å². The Bertz CT molecular complexity index is 1040. The van der Waals surface area contributed by atoms with E-state index in [1.54, 1.807) is 27.7 Å². The number of phenolic OH excluding ortho intramolecular Hbond substituents is 1. The first-order chi connectivity index (χ1) is 20.3. The summed E-state index contributed by atoms with van der Waals surface area (Å²) in [4.78, 5) is 65.4. The molecule has 4 amide bonds. The number of hydrogen-bond acceptors (Lipinski definition) is 8. The Morgan fingerprint density at radius 2 is 1.58 bits per heavy atom. The zero-order valence-electron chi connectivity index (χ0n) is 26.3. The molecule has 0 radical (unpaired) electrons. The average molecular weight is 607 g/mol. The van der Waals surface area contributed by atoms with E-state index in [-0.39, 0.29) is 44.7 Å². The molecule has 5 N–H and O–H groups in total. The summed E-state index contributed by atoms with van der Waals surface area (Å²) in [6.07, 6.45) is 4.35. The number of rotatable bonds is 19. The molecular weight excluding hydrogens is 556 g/mol. The van der Waals surface area contributed by atoms with E-state index < -0.39 is 47.5 Å². The van der Waals surface area contributed by atoms with E-state index in [1.165, 1.54) is 29.2 Å². The Labute approximate surface area is 255 Å². The van der Waals surface area contributed by atoms with Gasteiger partial charge in [-0.25, -0.2) is 4.79 Å². The van der Waals surface area contributed by atoms with Gasteiger partial charge in [0, 0.05) is 19.5 Å². The minimum absolute atomic E-state index is 0.0213. The van der Waals surface area contributed by atoms with Crippen LogP contribution in [0.2, 0.25) is 0 Å². The number of phenols is 1. The number of aromatic hydroxyl groups is 1. The molecule has 0 saturated heterocycles. The largest absolute Gasteiger partial charge is 0.508 e. The minimum Gasteiger partial charge on any atom is -0.508 e. The van der Waals surface area contributed by atoms with Crippen molar-refractivity contribution in [3.8, 4) is 5.75 Å². The van der Waals surface area contributed by atoms with Crippen LogP contribution in [-0.2, 0) is 28.7 Å². The maximum Gasteiger partial charge on any atom is 0.408 e. The molecule has 12 heteroatoms. The van der Waals surface area contributed by atoms with Crippen molar-refractivity contribution in [2.45, 2.75) is 110 Å². The molecule has 242 valence electrons. The molecule has 0 aliphatic heterocycles. The van der Waals surface area contributed by atoms with Gasteiger partial charge in [-0.05, 0) is 58.2 Å². The number of amides is 4. The summed E-state index contributed by atoms with van der Waals surface area (Å²) in [5.74, 6) is -2.31. The lowest BCUT2D eigenvalue weighted by Gasteiger charge is -2.34. The van der Waals surface area contributed by atoms with E-state index in [1.807, 2.05) is 0 Å². The molecule has 1 aromatic rings. The fraction of sp³-hybridized carbons (Fsp3) is 0.645. The molecule has 0 saturated carbocycles. The number of hydrogen-bond donors (Lipinski definition) is 4. The summed E-state index contributed by atoms with van der Waals surface area (Å²) < 4.78 is 10.3. The highest BCUT2D eigenvalue weighted by molar-refractivity contribution is 5.92. The predicted octanol–water partition coefficient (Wildman–Crippen LogP) is 3.85. The number of nitrogens with one attached hydrogen (secondary N) is 2. The lowest BCUT2D eigenvalue weighted by molar-refractivity contribution is -0.144. The molecule has 43 heavy (non-hydrogen) atoms. The molecule has 0 fully saturated rings. The first-order valence-corrected chi connectivity index (χ1v) is 15.1. The van der Waals surface area contributed by atoms with Crippen molar-refractivity contribution in [1.82, 2.24) is 15.5 Å². The third-order valence-corrected chi connectivity index (χ3v) is 6.41. The lowest BCUT2D eigenvalue weighted by atomic mass is 10.0. The predicted molar refractivity (Wildman–Crippen MR) is 162 cm³/mol. The molecular formula is C31H50N4O8. The highest BCUT2D eigenvalue weighted by Crippen LogP contribution is 2.26. The number of carbonyl (C=O) groups excluding carboxylic acids is 5. The first kappa shape index (κ1) is 37.2. The second kappa shape index (κ2) is 19.4. The Morgan fingerprint density at radius 3 is 2.16 bits per heavy atom. The van der Waals surface area contributed by atoms with E-state index in [2.05, 4.69) is 17.6 Å². The van der Waals surface area contributed by atoms with E-state index >= 15 is 0 Å². The zero-order valence-corrected chi connectivity index (χ0v) is 26.3. The number of carbonyl (C=O) groups is 5. The molecule has 0 aliphatic carbocycles. The van der Waals surface area contributed by atoms with Crippen molar-refractivity contribution in [2.24, 2.45) is 5.73 Å². The van der Waals surface area contributed by atoms with Gasteiger partial charge in [0.05, 0.1) is 13.0 Å². The van der Waals surface area contributed by atoms with Gasteiger partial charge in [-0.1, -0.05) is 51.2 Å². The Hall–Kier alpha value is -3.83. The molecule has 0 aromatic heterocycles. The molecule has 2 atom stereocenters. The highest BCUT2D eigenvalue weighted by Gasteiger charge is 2.36. The van der Waals surface area contributed by atoms with E-state index in [4.69, 9.17) is 15.2 Å².